The number of hydrogen-bond acceptors (Lipinski definition) is 5. The summed E-state index contributed by atoms with van der Waals surface area (Å²) in [5.41, 5.74) is 0.589. The number of rotatable bonds is 8. The van der Waals surface area contributed by atoms with Gasteiger partial charge in [0, 0.05) is 30.3 Å². The third kappa shape index (κ3) is 4.60. The Morgan fingerprint density at radius 3 is 2.85 bits per heavy atom. The second kappa shape index (κ2) is 8.23. The average Bonchev–Trinajstić information content (AvgIpc) is 2.42. The average molecular weight is 282 g/mol. The molecule has 0 fully saturated rings. The molecule has 0 spiro atoms. The van der Waals surface area contributed by atoms with Crippen molar-refractivity contribution in [1.29, 1.82) is 0 Å². The summed E-state index contributed by atoms with van der Waals surface area (Å²) in [6.07, 6.45) is 0.611. The number of benzene rings is 1. The minimum atomic E-state index is -0.505. The van der Waals surface area contributed by atoms with E-state index in [0.29, 0.717) is 30.7 Å². The van der Waals surface area contributed by atoms with E-state index in [2.05, 4.69) is 5.32 Å². The van der Waals surface area contributed by atoms with Gasteiger partial charge in [-0.2, -0.15) is 0 Å². The quantitative estimate of drug-likeness (QED) is 0.421. The lowest BCUT2D eigenvalue weighted by molar-refractivity contribution is -0.385. The zero-order chi connectivity index (χ0) is 15.0. The number of nitrogens with one attached hydrogen (secondary N) is 1. The summed E-state index contributed by atoms with van der Waals surface area (Å²) in [6.45, 7) is 2.65. The van der Waals surface area contributed by atoms with E-state index in [1.807, 2.05) is 0 Å². The van der Waals surface area contributed by atoms with E-state index in [-0.39, 0.29) is 24.8 Å². The summed E-state index contributed by atoms with van der Waals surface area (Å²) in [7, 11) is 0. The van der Waals surface area contributed by atoms with E-state index in [0.717, 1.165) is 0 Å². The molecule has 1 rings (SSSR count). The molecule has 0 saturated heterocycles. The molecule has 7 nitrogen and oxygen atoms in total. The van der Waals surface area contributed by atoms with E-state index >= 15 is 0 Å². The van der Waals surface area contributed by atoms with Gasteiger partial charge in [-0.05, 0) is 19.4 Å². The van der Waals surface area contributed by atoms with Crippen LogP contribution in [-0.2, 0) is 4.74 Å². The smallest absolute Gasteiger partial charge is 0.273 e. The number of carbonyl (C=O) groups is 1. The van der Waals surface area contributed by atoms with Gasteiger partial charge in [-0.1, -0.05) is 6.07 Å². The lowest BCUT2D eigenvalue weighted by Crippen LogP contribution is -2.26. The number of ether oxygens (including phenoxy) is 1. The minimum Gasteiger partial charge on any atom is -0.394 e. The topological polar surface area (TPSA) is 102 Å². The first-order valence-electron chi connectivity index (χ1n) is 6.28. The van der Waals surface area contributed by atoms with Crippen molar-refractivity contribution in [3.63, 3.8) is 0 Å². The molecule has 7 heteroatoms. The number of hydrogen-bond donors (Lipinski definition) is 2. The highest BCUT2D eigenvalue weighted by Crippen LogP contribution is 2.20. The fraction of sp³-hybridized carbons (Fsp3) is 0.462. The van der Waals surface area contributed by atoms with Crippen LogP contribution < -0.4 is 5.32 Å². The van der Waals surface area contributed by atoms with Crippen LogP contribution in [0.4, 0.5) is 5.69 Å². The number of amides is 1. The third-order valence-electron chi connectivity index (χ3n) is 2.73. The second-order valence-corrected chi connectivity index (χ2v) is 4.15. The Labute approximate surface area is 116 Å². The largest absolute Gasteiger partial charge is 0.394 e. The van der Waals surface area contributed by atoms with Crippen LogP contribution in [0.15, 0.2) is 18.2 Å². The molecule has 0 atom stereocenters. The number of aliphatic hydroxyl groups excluding tert-OH is 1. The fourth-order valence-corrected chi connectivity index (χ4v) is 1.71. The predicted octanol–water partition coefficient (Wildman–Crippen LogP) is 1.03. The van der Waals surface area contributed by atoms with Gasteiger partial charge in [-0.3, -0.25) is 14.9 Å². The number of nitro groups is 1. The first-order chi connectivity index (χ1) is 9.57. The Morgan fingerprint density at radius 2 is 2.20 bits per heavy atom. The molecule has 2 N–H and O–H groups in total. The van der Waals surface area contributed by atoms with Crippen LogP contribution in [0.25, 0.3) is 0 Å². The summed E-state index contributed by atoms with van der Waals surface area (Å²) in [5, 5.41) is 22.0. The van der Waals surface area contributed by atoms with Crippen LogP contribution in [0.2, 0.25) is 0 Å². The summed E-state index contributed by atoms with van der Waals surface area (Å²) in [5.74, 6) is -0.339. The third-order valence-corrected chi connectivity index (χ3v) is 2.73. The lowest BCUT2D eigenvalue weighted by atomic mass is 10.1. The number of nitrogens with zero attached hydrogens (tertiary/aromatic N) is 1. The molecule has 1 amide bonds. The van der Waals surface area contributed by atoms with E-state index in [1.54, 1.807) is 13.0 Å². The zero-order valence-electron chi connectivity index (χ0n) is 11.3. The number of aliphatic hydroxyl groups is 1. The Kier molecular flexibility index (Phi) is 6.61. The van der Waals surface area contributed by atoms with Crippen LogP contribution in [0.1, 0.15) is 22.3 Å². The molecule has 1 aromatic rings. The fourth-order valence-electron chi connectivity index (χ4n) is 1.71. The maximum absolute atomic E-state index is 11.9. The van der Waals surface area contributed by atoms with Gasteiger partial charge in [0.1, 0.15) is 0 Å². The molecule has 0 aromatic heterocycles. The molecule has 0 aliphatic carbocycles. The van der Waals surface area contributed by atoms with Gasteiger partial charge < -0.3 is 15.2 Å². The van der Waals surface area contributed by atoms with Crippen LogP contribution in [-0.4, -0.2) is 42.3 Å². The van der Waals surface area contributed by atoms with Crippen molar-refractivity contribution in [2.75, 3.05) is 26.4 Å². The molecule has 110 valence electrons. The van der Waals surface area contributed by atoms with Crippen LogP contribution >= 0.6 is 0 Å². The van der Waals surface area contributed by atoms with Gasteiger partial charge in [0.15, 0.2) is 0 Å². The predicted molar refractivity (Wildman–Crippen MR) is 72.7 cm³/mol. The maximum Gasteiger partial charge on any atom is 0.273 e. The van der Waals surface area contributed by atoms with Crippen LogP contribution in [0.3, 0.4) is 0 Å². The Morgan fingerprint density at radius 1 is 1.45 bits per heavy atom. The van der Waals surface area contributed by atoms with Gasteiger partial charge in [-0.25, -0.2) is 0 Å². The van der Waals surface area contributed by atoms with Gasteiger partial charge in [-0.15, -0.1) is 0 Å². The Hall–Kier alpha value is -1.99. The standard InChI is InChI=1S/C13H18N2O5/c1-10-11(4-2-5-12(10)15(18)19)13(17)14-6-3-8-20-9-7-16/h2,4-5,16H,3,6-9H2,1H3,(H,14,17). The number of nitro benzene ring substituents is 1. The van der Waals surface area contributed by atoms with E-state index in [4.69, 9.17) is 9.84 Å². The molecule has 0 unspecified atom stereocenters. The number of carbonyl (C=O) groups excluding carboxylic acids is 1. The molecular weight excluding hydrogens is 264 g/mol. The lowest BCUT2D eigenvalue weighted by Gasteiger charge is -2.08. The molecule has 0 aliphatic rings. The van der Waals surface area contributed by atoms with Crippen molar-refractivity contribution in [3.8, 4) is 0 Å². The van der Waals surface area contributed by atoms with Crippen LogP contribution in [0.5, 0.6) is 0 Å². The van der Waals surface area contributed by atoms with E-state index < -0.39 is 4.92 Å². The zero-order valence-corrected chi connectivity index (χ0v) is 11.3. The second-order valence-electron chi connectivity index (χ2n) is 4.15. The van der Waals surface area contributed by atoms with Gasteiger partial charge in [0.2, 0.25) is 0 Å². The first-order valence-corrected chi connectivity index (χ1v) is 6.28. The van der Waals surface area contributed by atoms with Crippen molar-refractivity contribution < 1.29 is 19.6 Å². The first kappa shape index (κ1) is 16.1. The highest BCUT2D eigenvalue weighted by atomic mass is 16.6. The molecule has 0 heterocycles. The highest BCUT2D eigenvalue weighted by molar-refractivity contribution is 5.96. The molecule has 0 bridgehead atoms. The highest BCUT2D eigenvalue weighted by Gasteiger charge is 2.17. The van der Waals surface area contributed by atoms with Crippen LogP contribution in [0, 0.1) is 17.0 Å². The molecule has 0 saturated carbocycles. The van der Waals surface area contributed by atoms with E-state index in [9.17, 15) is 14.9 Å². The monoisotopic (exact) mass is 282 g/mol. The maximum atomic E-state index is 11.9. The molecule has 0 aliphatic heterocycles. The Bertz CT molecular complexity index is 476. The van der Waals surface area contributed by atoms with Gasteiger partial charge >= 0.3 is 0 Å². The minimum absolute atomic E-state index is 0.0285. The van der Waals surface area contributed by atoms with Crippen molar-refractivity contribution >= 4 is 11.6 Å². The SMILES string of the molecule is Cc1c(C(=O)NCCCOCCO)cccc1[N+](=O)[O-]. The summed E-state index contributed by atoms with van der Waals surface area (Å²) < 4.78 is 5.05. The molecular formula is C13H18N2O5. The molecule has 0 radical (unpaired) electrons. The molecule has 1 aromatic carbocycles. The van der Waals surface area contributed by atoms with Crippen molar-refractivity contribution in [3.05, 3.63) is 39.4 Å². The van der Waals surface area contributed by atoms with Crippen molar-refractivity contribution in [2.24, 2.45) is 0 Å². The van der Waals surface area contributed by atoms with E-state index in [1.165, 1.54) is 12.1 Å². The van der Waals surface area contributed by atoms with Gasteiger partial charge in [0.25, 0.3) is 11.6 Å². The summed E-state index contributed by atoms with van der Waals surface area (Å²) in [4.78, 5) is 22.2. The molecule has 20 heavy (non-hydrogen) atoms. The van der Waals surface area contributed by atoms with Gasteiger partial charge in [0.05, 0.1) is 18.1 Å². The van der Waals surface area contributed by atoms with Crippen molar-refractivity contribution in [2.45, 2.75) is 13.3 Å². The normalized spacial score (nSPS) is 10.3. The Balaban J connectivity index is 2.52. The summed E-state index contributed by atoms with van der Waals surface area (Å²) >= 11 is 0. The summed E-state index contributed by atoms with van der Waals surface area (Å²) in [6, 6.07) is 4.42. The van der Waals surface area contributed by atoms with Crippen molar-refractivity contribution in [1.82, 2.24) is 5.32 Å².